The molecule has 1 fully saturated rings. The normalized spacial score (nSPS) is 15.5. The van der Waals surface area contributed by atoms with E-state index in [0.717, 1.165) is 35.3 Å². The lowest BCUT2D eigenvalue weighted by atomic mass is 9.99. The van der Waals surface area contributed by atoms with Crippen molar-refractivity contribution in [3.63, 3.8) is 0 Å². The molecule has 35 heavy (non-hydrogen) atoms. The smallest absolute Gasteiger partial charge is 0.252 e. The second-order valence-corrected chi connectivity index (χ2v) is 10.7. The molecule has 0 spiro atoms. The highest BCUT2D eigenvalue weighted by molar-refractivity contribution is 7.09. The molecule has 1 aliphatic rings. The Balaban J connectivity index is 1.55. The van der Waals surface area contributed by atoms with Gasteiger partial charge in [0.25, 0.3) is 5.56 Å². The summed E-state index contributed by atoms with van der Waals surface area (Å²) in [4.78, 5) is 19.8. The highest BCUT2D eigenvalue weighted by Gasteiger charge is 2.32. The van der Waals surface area contributed by atoms with Gasteiger partial charge in [0.05, 0.1) is 19.2 Å². The number of aromatic amines is 1. The van der Waals surface area contributed by atoms with Crippen LogP contribution in [0, 0.1) is 5.92 Å². The lowest BCUT2D eigenvalue weighted by Gasteiger charge is -2.33. The number of methoxy groups -OCH3 is 1. The third-order valence-corrected chi connectivity index (χ3v) is 7.78. The second-order valence-electron chi connectivity index (χ2n) is 9.67. The van der Waals surface area contributed by atoms with Crippen molar-refractivity contribution < 1.29 is 4.74 Å². The van der Waals surface area contributed by atoms with E-state index in [1.807, 2.05) is 24.3 Å². The average Bonchev–Trinajstić information content (AvgIpc) is 3.62. The first kappa shape index (κ1) is 23.7. The maximum Gasteiger partial charge on any atom is 0.252 e. The Morgan fingerprint density at radius 3 is 2.74 bits per heavy atom. The van der Waals surface area contributed by atoms with Gasteiger partial charge in [-0.1, -0.05) is 32.8 Å². The summed E-state index contributed by atoms with van der Waals surface area (Å²) < 4.78 is 7.45. The van der Waals surface area contributed by atoms with Crippen LogP contribution in [0.5, 0.6) is 5.75 Å². The minimum atomic E-state index is -0.0725. The third-order valence-electron chi connectivity index (χ3n) is 6.92. The number of benzene rings is 1. The summed E-state index contributed by atoms with van der Waals surface area (Å²) in [5, 5.41) is 16.1. The van der Waals surface area contributed by atoms with Crippen LogP contribution in [0.1, 0.15) is 67.9 Å². The Kier molecular flexibility index (Phi) is 6.97. The van der Waals surface area contributed by atoms with Crippen LogP contribution in [-0.4, -0.2) is 37.2 Å². The molecular formula is C26H32N6O2S. The number of hydrogen-bond donors (Lipinski definition) is 1. The number of hydrogen-bond acceptors (Lipinski definition) is 7. The lowest BCUT2D eigenvalue weighted by Crippen LogP contribution is -2.35. The van der Waals surface area contributed by atoms with Crippen molar-refractivity contribution in [2.45, 2.75) is 64.7 Å². The predicted octanol–water partition coefficient (Wildman–Crippen LogP) is 5.10. The molecule has 9 heteroatoms. The van der Waals surface area contributed by atoms with E-state index in [2.05, 4.69) is 61.5 Å². The van der Waals surface area contributed by atoms with Gasteiger partial charge in [0, 0.05) is 34.4 Å². The standard InChI is InChI=1S/C26H32N6O2S/c1-17(2)24(25-28-29-30-32(25)20-7-4-5-8-20)31(16-22-9-6-12-35-22)15-19-13-18-14-21(34-3)10-11-23(18)27-26(19)33/h6,9-14,17,20,24H,4-5,7-8,15-16H2,1-3H3,(H,27,33). The Morgan fingerprint density at radius 2 is 2.03 bits per heavy atom. The molecule has 0 bridgehead atoms. The molecule has 4 aromatic rings. The van der Waals surface area contributed by atoms with E-state index in [1.165, 1.54) is 17.7 Å². The van der Waals surface area contributed by atoms with Crippen molar-refractivity contribution in [2.75, 3.05) is 7.11 Å². The highest BCUT2D eigenvalue weighted by atomic mass is 32.1. The van der Waals surface area contributed by atoms with Crippen LogP contribution in [-0.2, 0) is 13.1 Å². The number of nitrogens with one attached hydrogen (secondary N) is 1. The number of rotatable bonds is 9. The largest absolute Gasteiger partial charge is 0.497 e. The van der Waals surface area contributed by atoms with Crippen molar-refractivity contribution in [3.8, 4) is 5.75 Å². The zero-order valence-electron chi connectivity index (χ0n) is 20.5. The monoisotopic (exact) mass is 492 g/mol. The number of fused-ring (bicyclic) bond motifs is 1. The van der Waals surface area contributed by atoms with Crippen LogP contribution in [0.4, 0.5) is 0 Å². The summed E-state index contributed by atoms with van der Waals surface area (Å²) in [6, 6.07) is 12.2. The maximum atomic E-state index is 13.1. The van der Waals surface area contributed by atoms with Gasteiger partial charge in [0.2, 0.25) is 0 Å². The molecule has 0 radical (unpaired) electrons. The summed E-state index contributed by atoms with van der Waals surface area (Å²) in [5.74, 6) is 1.91. The fourth-order valence-corrected chi connectivity index (χ4v) is 5.97. The average molecular weight is 493 g/mol. The van der Waals surface area contributed by atoms with E-state index in [9.17, 15) is 4.79 Å². The zero-order chi connectivity index (χ0) is 24.4. The molecule has 0 amide bonds. The van der Waals surface area contributed by atoms with Crippen molar-refractivity contribution in [2.24, 2.45) is 5.92 Å². The van der Waals surface area contributed by atoms with Gasteiger partial charge in [-0.15, -0.1) is 16.4 Å². The van der Waals surface area contributed by atoms with Crippen LogP contribution >= 0.6 is 11.3 Å². The van der Waals surface area contributed by atoms with E-state index < -0.39 is 0 Å². The summed E-state index contributed by atoms with van der Waals surface area (Å²) in [5.41, 5.74) is 1.44. The molecule has 1 atom stereocenters. The molecule has 5 rings (SSSR count). The van der Waals surface area contributed by atoms with Crippen molar-refractivity contribution in [1.82, 2.24) is 30.1 Å². The second kappa shape index (κ2) is 10.3. The molecule has 3 aromatic heterocycles. The molecule has 0 saturated heterocycles. The maximum absolute atomic E-state index is 13.1. The third kappa shape index (κ3) is 5.01. The summed E-state index contributed by atoms with van der Waals surface area (Å²) in [7, 11) is 1.65. The SMILES string of the molecule is COc1ccc2[nH]c(=O)c(CN(Cc3cccs3)C(c3nnnn3C3CCCC3)C(C)C)cc2c1. The molecule has 8 nitrogen and oxygen atoms in total. The van der Waals surface area contributed by atoms with Crippen LogP contribution in [0.25, 0.3) is 10.9 Å². The minimum Gasteiger partial charge on any atom is -0.497 e. The van der Waals surface area contributed by atoms with Gasteiger partial charge in [-0.3, -0.25) is 9.69 Å². The van der Waals surface area contributed by atoms with Crippen molar-refractivity contribution >= 4 is 22.2 Å². The van der Waals surface area contributed by atoms with Gasteiger partial charge in [0.1, 0.15) is 5.75 Å². The molecular weight excluding hydrogens is 460 g/mol. The fourth-order valence-electron chi connectivity index (χ4n) is 5.24. The molecule has 0 aliphatic heterocycles. The molecule has 1 aromatic carbocycles. The van der Waals surface area contributed by atoms with E-state index in [-0.39, 0.29) is 17.5 Å². The number of aromatic nitrogens is 5. The Labute approximate surface area is 208 Å². The van der Waals surface area contributed by atoms with Gasteiger partial charge in [0.15, 0.2) is 5.82 Å². The zero-order valence-corrected chi connectivity index (χ0v) is 21.3. The van der Waals surface area contributed by atoms with Gasteiger partial charge < -0.3 is 9.72 Å². The van der Waals surface area contributed by atoms with Crippen molar-refractivity contribution in [3.05, 3.63) is 68.4 Å². The number of pyridine rings is 1. The number of thiophene rings is 1. The number of nitrogens with zero attached hydrogens (tertiary/aromatic N) is 5. The fraction of sp³-hybridized carbons (Fsp3) is 0.462. The minimum absolute atomic E-state index is 0.0342. The van der Waals surface area contributed by atoms with Crippen molar-refractivity contribution in [1.29, 1.82) is 0 Å². The molecule has 1 N–H and O–H groups in total. The molecule has 184 valence electrons. The van der Waals surface area contributed by atoms with E-state index in [0.29, 0.717) is 24.7 Å². The lowest BCUT2D eigenvalue weighted by molar-refractivity contribution is 0.124. The molecule has 1 saturated carbocycles. The van der Waals surface area contributed by atoms with Gasteiger partial charge >= 0.3 is 0 Å². The Hall–Kier alpha value is -3.04. The first-order valence-corrected chi connectivity index (χ1v) is 13.2. The van der Waals surface area contributed by atoms with Gasteiger partial charge in [-0.25, -0.2) is 4.68 Å². The van der Waals surface area contributed by atoms with Crippen LogP contribution in [0.2, 0.25) is 0 Å². The van der Waals surface area contributed by atoms with Gasteiger partial charge in [-0.05, 0) is 64.9 Å². The first-order valence-electron chi connectivity index (χ1n) is 12.3. The Morgan fingerprint density at radius 1 is 1.20 bits per heavy atom. The first-order chi connectivity index (χ1) is 17.0. The predicted molar refractivity (Wildman–Crippen MR) is 138 cm³/mol. The van der Waals surface area contributed by atoms with E-state index in [4.69, 9.17) is 4.74 Å². The van der Waals surface area contributed by atoms with Crippen LogP contribution < -0.4 is 10.3 Å². The number of H-pyrrole nitrogens is 1. The highest BCUT2D eigenvalue weighted by Crippen LogP contribution is 2.35. The molecule has 1 aliphatic carbocycles. The quantitative estimate of drug-likeness (QED) is 0.350. The summed E-state index contributed by atoms with van der Waals surface area (Å²) in [6.45, 7) is 5.61. The summed E-state index contributed by atoms with van der Waals surface area (Å²) in [6.07, 6.45) is 4.65. The molecule has 1 unspecified atom stereocenters. The van der Waals surface area contributed by atoms with Crippen LogP contribution in [0.15, 0.2) is 46.6 Å². The van der Waals surface area contributed by atoms with Gasteiger partial charge in [-0.2, -0.15) is 0 Å². The molecule has 3 heterocycles. The Bertz CT molecular complexity index is 1320. The number of tetrazole rings is 1. The summed E-state index contributed by atoms with van der Waals surface area (Å²) >= 11 is 1.73. The topological polar surface area (TPSA) is 88.9 Å². The number of ether oxygens (including phenoxy) is 1. The van der Waals surface area contributed by atoms with E-state index in [1.54, 1.807) is 18.4 Å². The van der Waals surface area contributed by atoms with E-state index >= 15 is 0 Å². The van der Waals surface area contributed by atoms with Crippen LogP contribution in [0.3, 0.4) is 0 Å².